The van der Waals surface area contributed by atoms with Crippen molar-refractivity contribution in [3.63, 3.8) is 0 Å². The monoisotopic (exact) mass is 464 g/mol. The van der Waals surface area contributed by atoms with Gasteiger partial charge in [0.1, 0.15) is 12.4 Å². The number of rotatable bonds is 5. The van der Waals surface area contributed by atoms with E-state index in [1.165, 1.54) is 0 Å². The fourth-order valence-electron chi connectivity index (χ4n) is 3.39. The quantitative estimate of drug-likeness (QED) is 0.657. The molecule has 31 heavy (non-hydrogen) atoms. The molecule has 0 saturated carbocycles. The van der Waals surface area contributed by atoms with Crippen LogP contribution in [0.2, 0.25) is 5.02 Å². The Hall–Kier alpha value is -2.77. The third-order valence-corrected chi connectivity index (χ3v) is 4.98. The van der Waals surface area contributed by atoms with Crippen LogP contribution in [0, 0.1) is 0 Å². The lowest BCUT2D eigenvalue weighted by Gasteiger charge is -2.28. The summed E-state index contributed by atoms with van der Waals surface area (Å²) < 4.78 is 4.78. The van der Waals surface area contributed by atoms with Crippen LogP contribution < -0.4 is 10.6 Å². The highest BCUT2D eigenvalue weighted by Gasteiger charge is 2.25. The molecule has 9 heteroatoms. The van der Waals surface area contributed by atoms with Gasteiger partial charge in [0, 0.05) is 36.3 Å². The molecule has 0 bridgehead atoms. The van der Waals surface area contributed by atoms with Crippen molar-refractivity contribution in [3.8, 4) is 0 Å². The van der Waals surface area contributed by atoms with E-state index in [4.69, 9.17) is 21.3 Å². The van der Waals surface area contributed by atoms with Gasteiger partial charge in [0.05, 0.1) is 13.2 Å². The highest BCUT2D eigenvalue weighted by atomic mass is 35.5. The molecular weight excluding hydrogens is 439 g/mol. The second-order valence-electron chi connectivity index (χ2n) is 7.08. The largest absolute Gasteiger partial charge is 0.465 e. The summed E-state index contributed by atoms with van der Waals surface area (Å²) in [5.41, 5.74) is 3.91. The van der Waals surface area contributed by atoms with Crippen molar-refractivity contribution in [1.82, 2.24) is 10.2 Å². The predicted octanol–water partition coefficient (Wildman–Crippen LogP) is 3.90. The number of urea groups is 1. The molecule has 166 valence electrons. The van der Waals surface area contributed by atoms with Gasteiger partial charge in [0.2, 0.25) is 0 Å². The number of ether oxygens (including phenoxy) is 1. The molecule has 3 rings (SSSR count). The van der Waals surface area contributed by atoms with E-state index in [9.17, 15) is 9.59 Å². The van der Waals surface area contributed by atoms with Gasteiger partial charge in [-0.3, -0.25) is 9.79 Å². The molecule has 1 aliphatic rings. The standard InChI is InChI=1S/C22H25ClN4O3.ClH/c1-4-30-20(28)13-25-22(29)26-16-8-5-14(6-9-16)19-12-24-21(27(2)3)17-10-7-15(23)11-18(17)19;/h5-11,19H,4,12-13H2,1-3H3,(H2,25,26,29);1H. The minimum atomic E-state index is -0.477. The van der Waals surface area contributed by atoms with Gasteiger partial charge in [-0.25, -0.2) is 4.79 Å². The van der Waals surface area contributed by atoms with Crippen LogP contribution in [0.4, 0.5) is 10.5 Å². The van der Waals surface area contributed by atoms with Gasteiger partial charge in [-0.15, -0.1) is 12.4 Å². The predicted molar refractivity (Wildman–Crippen MR) is 126 cm³/mol. The Morgan fingerprint density at radius 1 is 1.19 bits per heavy atom. The maximum atomic E-state index is 11.9. The molecule has 1 aliphatic heterocycles. The van der Waals surface area contributed by atoms with Gasteiger partial charge >= 0.3 is 12.0 Å². The van der Waals surface area contributed by atoms with Gasteiger partial charge in [0.15, 0.2) is 0 Å². The maximum absolute atomic E-state index is 11.9. The molecular formula is C22H26Cl2N4O3. The number of aliphatic imine (C=N–C) groups is 1. The maximum Gasteiger partial charge on any atom is 0.325 e. The molecule has 2 aromatic rings. The third-order valence-electron chi connectivity index (χ3n) is 4.75. The lowest BCUT2D eigenvalue weighted by atomic mass is 9.85. The molecule has 2 N–H and O–H groups in total. The van der Waals surface area contributed by atoms with Crippen LogP contribution in [0.15, 0.2) is 47.5 Å². The zero-order valence-electron chi connectivity index (χ0n) is 17.6. The average Bonchev–Trinajstić information content (AvgIpc) is 2.72. The third kappa shape index (κ3) is 6.12. The van der Waals surface area contributed by atoms with Crippen LogP contribution in [0.3, 0.4) is 0 Å². The average molecular weight is 465 g/mol. The number of fused-ring (bicyclic) bond motifs is 1. The van der Waals surface area contributed by atoms with Crippen LogP contribution in [0.5, 0.6) is 0 Å². The summed E-state index contributed by atoms with van der Waals surface area (Å²) in [5, 5.41) is 5.86. The van der Waals surface area contributed by atoms with Crippen molar-refractivity contribution in [2.45, 2.75) is 12.8 Å². The van der Waals surface area contributed by atoms with Crippen LogP contribution in [-0.4, -0.2) is 56.5 Å². The molecule has 2 aromatic carbocycles. The second kappa shape index (κ2) is 11.0. The molecule has 7 nitrogen and oxygen atoms in total. The van der Waals surface area contributed by atoms with E-state index in [2.05, 4.69) is 10.6 Å². The number of hydrogen-bond acceptors (Lipinski definition) is 5. The number of esters is 1. The van der Waals surface area contributed by atoms with E-state index in [1.807, 2.05) is 61.5 Å². The fraction of sp³-hybridized carbons (Fsp3) is 0.318. The van der Waals surface area contributed by atoms with E-state index in [0.717, 1.165) is 22.5 Å². The van der Waals surface area contributed by atoms with Crippen molar-refractivity contribution in [3.05, 3.63) is 64.2 Å². The van der Waals surface area contributed by atoms with Gasteiger partial charge < -0.3 is 20.3 Å². The topological polar surface area (TPSA) is 83.0 Å². The highest BCUT2D eigenvalue weighted by Crippen LogP contribution is 2.34. The Balaban J connectivity index is 0.00000341. The molecule has 2 amide bonds. The molecule has 1 unspecified atom stereocenters. The summed E-state index contributed by atoms with van der Waals surface area (Å²) in [6.07, 6.45) is 0. The summed E-state index contributed by atoms with van der Waals surface area (Å²) >= 11 is 6.27. The van der Waals surface area contributed by atoms with E-state index in [-0.39, 0.29) is 31.5 Å². The number of carbonyl (C=O) groups is 2. The van der Waals surface area contributed by atoms with Crippen molar-refractivity contribution < 1.29 is 14.3 Å². The summed E-state index contributed by atoms with van der Waals surface area (Å²) in [6, 6.07) is 13.0. The number of amidine groups is 1. The van der Waals surface area contributed by atoms with Gasteiger partial charge in [-0.2, -0.15) is 0 Å². The van der Waals surface area contributed by atoms with Crippen molar-refractivity contribution in [2.24, 2.45) is 4.99 Å². The zero-order chi connectivity index (χ0) is 21.7. The minimum absolute atomic E-state index is 0. The molecule has 0 saturated heterocycles. The number of nitrogens with zero attached hydrogens (tertiary/aromatic N) is 2. The first kappa shape index (κ1) is 24.5. The van der Waals surface area contributed by atoms with Crippen molar-refractivity contribution >= 4 is 47.5 Å². The number of anilines is 1. The van der Waals surface area contributed by atoms with Gasteiger partial charge in [-0.05, 0) is 48.4 Å². The first-order valence-corrected chi connectivity index (χ1v) is 10.1. The number of benzene rings is 2. The van der Waals surface area contributed by atoms with Crippen molar-refractivity contribution in [2.75, 3.05) is 39.1 Å². The van der Waals surface area contributed by atoms with Crippen LogP contribution in [0.1, 0.15) is 29.5 Å². The smallest absolute Gasteiger partial charge is 0.325 e. The van der Waals surface area contributed by atoms with Crippen LogP contribution in [0.25, 0.3) is 0 Å². The number of halogens is 2. The normalized spacial score (nSPS) is 14.5. The first-order chi connectivity index (χ1) is 14.4. The fourth-order valence-corrected chi connectivity index (χ4v) is 3.57. The Kier molecular flexibility index (Phi) is 8.71. The number of hydrogen-bond donors (Lipinski definition) is 2. The Morgan fingerprint density at radius 2 is 1.90 bits per heavy atom. The Bertz CT molecular complexity index is 962. The van der Waals surface area contributed by atoms with E-state index >= 15 is 0 Å². The molecule has 0 aromatic heterocycles. The molecule has 1 atom stereocenters. The number of carbonyl (C=O) groups excluding carboxylic acids is 2. The minimum Gasteiger partial charge on any atom is -0.465 e. The summed E-state index contributed by atoms with van der Waals surface area (Å²) in [5.74, 6) is 0.541. The van der Waals surface area contributed by atoms with E-state index < -0.39 is 12.0 Å². The first-order valence-electron chi connectivity index (χ1n) is 9.71. The zero-order valence-corrected chi connectivity index (χ0v) is 19.2. The SMILES string of the molecule is CCOC(=O)CNC(=O)Nc1ccc(C2CN=C(N(C)C)c3ccc(Cl)cc32)cc1.Cl. The molecule has 1 heterocycles. The molecule has 0 radical (unpaired) electrons. The van der Waals surface area contributed by atoms with Crippen molar-refractivity contribution in [1.29, 1.82) is 0 Å². The van der Waals surface area contributed by atoms with Gasteiger partial charge in [-0.1, -0.05) is 23.7 Å². The molecule has 0 spiro atoms. The Labute approximate surface area is 193 Å². The lowest BCUT2D eigenvalue weighted by Crippen LogP contribution is -2.34. The molecule has 0 fully saturated rings. The highest BCUT2D eigenvalue weighted by molar-refractivity contribution is 6.30. The van der Waals surface area contributed by atoms with Crippen LogP contribution >= 0.6 is 24.0 Å². The number of amides is 2. The molecule has 0 aliphatic carbocycles. The lowest BCUT2D eigenvalue weighted by molar-refractivity contribution is -0.141. The second-order valence-corrected chi connectivity index (χ2v) is 7.51. The van der Waals surface area contributed by atoms with E-state index in [0.29, 0.717) is 17.3 Å². The summed E-state index contributed by atoms with van der Waals surface area (Å²) in [6.45, 7) is 2.43. The Morgan fingerprint density at radius 3 is 2.55 bits per heavy atom. The summed E-state index contributed by atoms with van der Waals surface area (Å²) in [4.78, 5) is 30.0. The van der Waals surface area contributed by atoms with E-state index in [1.54, 1.807) is 6.92 Å². The summed E-state index contributed by atoms with van der Waals surface area (Å²) in [7, 11) is 3.95. The van der Waals surface area contributed by atoms with Crippen LogP contribution in [-0.2, 0) is 9.53 Å². The number of nitrogens with one attached hydrogen (secondary N) is 2. The van der Waals surface area contributed by atoms with Gasteiger partial charge in [0.25, 0.3) is 0 Å².